The van der Waals surface area contributed by atoms with Crippen molar-refractivity contribution < 1.29 is 14.4 Å². The number of hydrogen-bond acceptors (Lipinski definition) is 3. The van der Waals surface area contributed by atoms with Crippen LogP contribution < -0.4 is 10.6 Å². The molecule has 4 amide bonds. The third kappa shape index (κ3) is 4.71. The third-order valence-electron chi connectivity index (χ3n) is 3.72. The second-order valence-corrected chi connectivity index (χ2v) is 6.14. The van der Waals surface area contributed by atoms with E-state index in [-0.39, 0.29) is 23.9 Å². The molecule has 0 spiro atoms. The van der Waals surface area contributed by atoms with Crippen molar-refractivity contribution in [2.45, 2.75) is 26.8 Å². The Morgan fingerprint density at radius 2 is 1.50 bits per heavy atom. The van der Waals surface area contributed by atoms with E-state index in [4.69, 9.17) is 0 Å². The monoisotopic (exact) mass is 332 g/mol. The molecule has 2 rings (SSSR count). The first kappa shape index (κ1) is 17.8. The van der Waals surface area contributed by atoms with E-state index in [2.05, 4.69) is 10.6 Å². The summed E-state index contributed by atoms with van der Waals surface area (Å²) >= 11 is 0. The van der Waals surface area contributed by atoms with Gasteiger partial charge >= 0.3 is 6.03 Å². The van der Waals surface area contributed by atoms with Crippen LogP contribution in [-0.2, 0) is 4.79 Å². The number of piperazine rings is 1. The summed E-state index contributed by atoms with van der Waals surface area (Å²) < 4.78 is 0. The molecule has 0 aliphatic carbocycles. The van der Waals surface area contributed by atoms with E-state index in [1.807, 2.05) is 13.8 Å². The minimum atomic E-state index is -0.148. The Labute approximate surface area is 142 Å². The smallest absolute Gasteiger partial charge is 0.317 e. The molecule has 1 aromatic carbocycles. The lowest BCUT2D eigenvalue weighted by atomic mass is 10.1. The maximum atomic E-state index is 12.5. The first-order valence-electron chi connectivity index (χ1n) is 8.09. The normalized spacial score (nSPS) is 14.5. The van der Waals surface area contributed by atoms with E-state index in [1.165, 1.54) is 6.92 Å². The van der Waals surface area contributed by atoms with Gasteiger partial charge in [-0.15, -0.1) is 0 Å². The highest BCUT2D eigenvalue weighted by atomic mass is 16.2. The summed E-state index contributed by atoms with van der Waals surface area (Å²) in [6.07, 6.45) is 0. The summed E-state index contributed by atoms with van der Waals surface area (Å²) in [4.78, 5) is 38.9. The predicted molar refractivity (Wildman–Crippen MR) is 91.9 cm³/mol. The van der Waals surface area contributed by atoms with Crippen LogP contribution in [-0.4, -0.2) is 59.9 Å². The highest BCUT2D eigenvalue weighted by Crippen LogP contribution is 2.13. The molecule has 1 aromatic rings. The van der Waals surface area contributed by atoms with Gasteiger partial charge in [0.05, 0.1) is 0 Å². The first-order valence-corrected chi connectivity index (χ1v) is 8.09. The molecule has 0 unspecified atom stereocenters. The minimum Gasteiger partial charge on any atom is -0.336 e. The number of carbonyl (C=O) groups excluding carboxylic acids is 3. The summed E-state index contributed by atoms with van der Waals surface area (Å²) in [6, 6.07) is 6.83. The molecule has 0 saturated carbocycles. The molecular weight excluding hydrogens is 308 g/mol. The summed E-state index contributed by atoms with van der Waals surface area (Å²) in [5.74, 6) is -0.210. The van der Waals surface area contributed by atoms with Crippen LogP contribution in [0.1, 0.15) is 31.1 Å². The lowest BCUT2D eigenvalue weighted by Gasteiger charge is -2.35. The zero-order chi connectivity index (χ0) is 17.7. The zero-order valence-electron chi connectivity index (χ0n) is 14.3. The largest absolute Gasteiger partial charge is 0.336 e. The van der Waals surface area contributed by atoms with Gasteiger partial charge in [0, 0.05) is 50.4 Å². The lowest BCUT2D eigenvalue weighted by molar-refractivity contribution is -0.114. The molecule has 7 heteroatoms. The molecule has 2 N–H and O–H groups in total. The van der Waals surface area contributed by atoms with E-state index in [9.17, 15) is 14.4 Å². The fraction of sp³-hybridized carbons (Fsp3) is 0.471. The van der Waals surface area contributed by atoms with Gasteiger partial charge in [-0.05, 0) is 38.1 Å². The molecule has 0 bridgehead atoms. The number of urea groups is 1. The molecule has 1 fully saturated rings. The Balaban J connectivity index is 1.90. The van der Waals surface area contributed by atoms with Crippen molar-refractivity contribution in [1.82, 2.24) is 15.1 Å². The molecule has 1 heterocycles. The van der Waals surface area contributed by atoms with Crippen molar-refractivity contribution in [2.75, 3.05) is 31.5 Å². The topological polar surface area (TPSA) is 81.8 Å². The van der Waals surface area contributed by atoms with Crippen LogP contribution in [0.2, 0.25) is 0 Å². The number of amides is 4. The number of rotatable bonds is 3. The Morgan fingerprint density at radius 3 is 2.00 bits per heavy atom. The van der Waals surface area contributed by atoms with Crippen LogP contribution in [0.5, 0.6) is 0 Å². The molecule has 1 aliphatic heterocycles. The van der Waals surface area contributed by atoms with Crippen molar-refractivity contribution in [3.8, 4) is 0 Å². The Morgan fingerprint density at radius 1 is 0.958 bits per heavy atom. The van der Waals surface area contributed by atoms with Gasteiger partial charge in [-0.2, -0.15) is 0 Å². The molecule has 0 radical (unpaired) electrons. The van der Waals surface area contributed by atoms with Crippen LogP contribution in [0.3, 0.4) is 0 Å². The van der Waals surface area contributed by atoms with Crippen molar-refractivity contribution in [3.63, 3.8) is 0 Å². The van der Waals surface area contributed by atoms with Crippen molar-refractivity contribution in [1.29, 1.82) is 0 Å². The Hall–Kier alpha value is -2.57. The van der Waals surface area contributed by atoms with Gasteiger partial charge in [-0.1, -0.05) is 0 Å². The third-order valence-corrected chi connectivity index (χ3v) is 3.72. The standard InChI is InChI=1S/C17H24N4O3/c1-12(2)18-17(24)21-10-8-20(9-11-21)16(23)14-4-6-15(7-5-14)19-13(3)22/h4-7,12H,8-11H2,1-3H3,(H,18,24)(H,19,22). The highest BCUT2D eigenvalue weighted by Gasteiger charge is 2.25. The van der Waals surface area contributed by atoms with Gasteiger partial charge < -0.3 is 20.4 Å². The molecule has 0 atom stereocenters. The average Bonchev–Trinajstić information content (AvgIpc) is 2.54. The minimum absolute atomic E-state index is 0.0618. The van der Waals surface area contributed by atoms with Crippen LogP contribution in [0.25, 0.3) is 0 Å². The van der Waals surface area contributed by atoms with Crippen LogP contribution in [0.15, 0.2) is 24.3 Å². The molecule has 7 nitrogen and oxygen atoms in total. The van der Waals surface area contributed by atoms with Crippen molar-refractivity contribution in [3.05, 3.63) is 29.8 Å². The number of hydrogen-bond donors (Lipinski definition) is 2. The number of benzene rings is 1. The Kier molecular flexibility index (Phi) is 5.78. The van der Waals surface area contributed by atoms with Crippen LogP contribution >= 0.6 is 0 Å². The maximum absolute atomic E-state index is 12.5. The molecule has 130 valence electrons. The Bertz CT molecular complexity index is 605. The molecule has 0 aromatic heterocycles. The molecule has 1 saturated heterocycles. The van der Waals surface area contributed by atoms with Crippen LogP contribution in [0, 0.1) is 0 Å². The van der Waals surface area contributed by atoms with Gasteiger partial charge in [0.15, 0.2) is 0 Å². The maximum Gasteiger partial charge on any atom is 0.317 e. The quantitative estimate of drug-likeness (QED) is 0.880. The van der Waals surface area contributed by atoms with E-state index in [0.717, 1.165) is 0 Å². The van der Waals surface area contributed by atoms with Gasteiger partial charge in [-0.25, -0.2) is 4.79 Å². The molecule has 24 heavy (non-hydrogen) atoms. The van der Waals surface area contributed by atoms with Gasteiger partial charge in [0.25, 0.3) is 5.91 Å². The lowest BCUT2D eigenvalue weighted by Crippen LogP contribution is -2.54. The fourth-order valence-corrected chi connectivity index (χ4v) is 2.53. The van der Waals surface area contributed by atoms with E-state index < -0.39 is 0 Å². The number of nitrogens with one attached hydrogen (secondary N) is 2. The average molecular weight is 332 g/mol. The van der Waals surface area contributed by atoms with E-state index >= 15 is 0 Å². The predicted octanol–water partition coefficient (Wildman–Crippen LogP) is 1.52. The second-order valence-electron chi connectivity index (χ2n) is 6.14. The van der Waals surface area contributed by atoms with E-state index in [0.29, 0.717) is 37.4 Å². The highest BCUT2D eigenvalue weighted by molar-refractivity contribution is 5.95. The number of nitrogens with zero attached hydrogens (tertiary/aromatic N) is 2. The molecular formula is C17H24N4O3. The number of carbonyl (C=O) groups is 3. The van der Waals surface area contributed by atoms with E-state index in [1.54, 1.807) is 34.1 Å². The summed E-state index contributed by atoms with van der Waals surface area (Å²) in [5, 5.41) is 5.53. The van der Waals surface area contributed by atoms with Crippen LogP contribution in [0.4, 0.5) is 10.5 Å². The molecule has 1 aliphatic rings. The summed E-state index contributed by atoms with van der Waals surface area (Å²) in [6.45, 7) is 7.34. The van der Waals surface area contributed by atoms with Crippen molar-refractivity contribution in [2.24, 2.45) is 0 Å². The van der Waals surface area contributed by atoms with Gasteiger partial charge in [-0.3, -0.25) is 9.59 Å². The van der Waals surface area contributed by atoms with Gasteiger partial charge in [0.1, 0.15) is 0 Å². The first-order chi connectivity index (χ1) is 11.4. The SMILES string of the molecule is CC(=O)Nc1ccc(C(=O)N2CCN(C(=O)NC(C)C)CC2)cc1. The second kappa shape index (κ2) is 7.81. The van der Waals surface area contributed by atoms with Crippen molar-refractivity contribution >= 4 is 23.5 Å². The van der Waals surface area contributed by atoms with Gasteiger partial charge in [0.2, 0.25) is 5.91 Å². The summed E-state index contributed by atoms with van der Waals surface area (Å²) in [5.41, 5.74) is 1.23. The fourth-order valence-electron chi connectivity index (χ4n) is 2.53. The summed E-state index contributed by atoms with van der Waals surface area (Å²) in [7, 11) is 0. The number of anilines is 1. The zero-order valence-corrected chi connectivity index (χ0v) is 14.3.